The van der Waals surface area contributed by atoms with Crippen LogP contribution >= 0.6 is 11.3 Å². The van der Waals surface area contributed by atoms with E-state index in [9.17, 15) is 18.0 Å². The number of carbonyl (C=O) groups excluding carboxylic acids is 1. The first-order chi connectivity index (χ1) is 13.6. The summed E-state index contributed by atoms with van der Waals surface area (Å²) in [5.41, 5.74) is 2.65. The second kappa shape index (κ2) is 7.63. The van der Waals surface area contributed by atoms with E-state index in [1.54, 1.807) is 16.2 Å². The van der Waals surface area contributed by atoms with E-state index in [-0.39, 0.29) is 12.6 Å². The molecule has 0 aromatic carbocycles. The summed E-state index contributed by atoms with van der Waals surface area (Å²) in [6.45, 7) is 8.33. The van der Waals surface area contributed by atoms with E-state index in [0.717, 1.165) is 28.5 Å². The SMILES string of the molecule is Cc1c(CN2CCNC2=O)sc2c1CN(CC1(C)CC1)CN2CCOC(F)(F)F. The highest BCUT2D eigenvalue weighted by atomic mass is 32.1. The number of halogens is 3. The molecule has 3 aliphatic rings. The first-order valence-electron chi connectivity index (χ1n) is 9.95. The van der Waals surface area contributed by atoms with Gasteiger partial charge in [-0.3, -0.25) is 9.64 Å². The number of amides is 2. The molecule has 0 atom stereocenters. The molecule has 1 aromatic heterocycles. The van der Waals surface area contributed by atoms with Crippen molar-refractivity contribution in [3.05, 3.63) is 16.0 Å². The van der Waals surface area contributed by atoms with Crippen molar-refractivity contribution in [2.75, 3.05) is 44.4 Å². The highest BCUT2D eigenvalue weighted by Crippen LogP contribution is 2.47. The summed E-state index contributed by atoms with van der Waals surface area (Å²) in [5.74, 6) is 0. The number of nitrogens with zero attached hydrogens (tertiary/aromatic N) is 3. The fourth-order valence-electron chi connectivity index (χ4n) is 4.05. The van der Waals surface area contributed by atoms with Gasteiger partial charge in [-0.05, 0) is 30.7 Å². The summed E-state index contributed by atoms with van der Waals surface area (Å²) in [6, 6.07) is -0.0607. The Morgan fingerprint density at radius 2 is 2.03 bits per heavy atom. The van der Waals surface area contributed by atoms with E-state index in [1.807, 2.05) is 4.90 Å². The molecule has 29 heavy (non-hydrogen) atoms. The van der Waals surface area contributed by atoms with Crippen molar-refractivity contribution in [1.82, 2.24) is 15.1 Å². The minimum Gasteiger partial charge on any atom is -0.348 e. The van der Waals surface area contributed by atoms with Crippen molar-refractivity contribution in [3.63, 3.8) is 0 Å². The Morgan fingerprint density at radius 3 is 2.66 bits per heavy atom. The first-order valence-corrected chi connectivity index (χ1v) is 10.8. The van der Waals surface area contributed by atoms with Crippen LogP contribution in [0.2, 0.25) is 0 Å². The Kier molecular flexibility index (Phi) is 5.45. The Bertz CT molecular complexity index is 778. The van der Waals surface area contributed by atoms with Crippen LogP contribution in [0.4, 0.5) is 23.0 Å². The molecule has 1 aromatic rings. The predicted molar refractivity (Wildman–Crippen MR) is 105 cm³/mol. The molecule has 4 rings (SSSR count). The highest BCUT2D eigenvalue weighted by molar-refractivity contribution is 7.16. The van der Waals surface area contributed by atoms with Gasteiger partial charge in [0.2, 0.25) is 0 Å². The summed E-state index contributed by atoms with van der Waals surface area (Å²) in [4.78, 5) is 19.1. The predicted octanol–water partition coefficient (Wildman–Crippen LogP) is 3.50. The maximum atomic E-state index is 12.5. The van der Waals surface area contributed by atoms with Crippen molar-refractivity contribution in [2.24, 2.45) is 5.41 Å². The highest BCUT2D eigenvalue weighted by Gasteiger charge is 2.41. The molecule has 2 aliphatic heterocycles. The number of ether oxygens (including phenoxy) is 1. The molecule has 1 saturated carbocycles. The lowest BCUT2D eigenvalue weighted by atomic mass is 10.1. The van der Waals surface area contributed by atoms with E-state index in [2.05, 4.69) is 28.8 Å². The molecule has 6 nitrogen and oxygen atoms in total. The molecule has 0 spiro atoms. The number of hydrogen-bond acceptors (Lipinski definition) is 5. The van der Waals surface area contributed by atoms with Crippen LogP contribution in [0.3, 0.4) is 0 Å². The van der Waals surface area contributed by atoms with Gasteiger partial charge in [0.05, 0.1) is 24.8 Å². The largest absolute Gasteiger partial charge is 0.522 e. The second-order valence-corrected chi connectivity index (χ2v) is 9.67. The number of thiophene rings is 1. The smallest absolute Gasteiger partial charge is 0.348 e. The van der Waals surface area contributed by atoms with E-state index in [4.69, 9.17) is 0 Å². The number of fused-ring (bicyclic) bond motifs is 1. The first kappa shape index (κ1) is 20.7. The Labute approximate surface area is 172 Å². The number of rotatable bonds is 7. The van der Waals surface area contributed by atoms with Crippen LogP contribution in [0.5, 0.6) is 0 Å². The van der Waals surface area contributed by atoms with Gasteiger partial charge in [-0.25, -0.2) is 4.79 Å². The molecule has 1 aliphatic carbocycles. The number of carbonyl (C=O) groups is 1. The van der Waals surface area contributed by atoms with E-state index in [1.165, 1.54) is 18.4 Å². The lowest BCUT2D eigenvalue weighted by Gasteiger charge is -2.38. The summed E-state index contributed by atoms with van der Waals surface area (Å²) in [5, 5.41) is 3.83. The lowest BCUT2D eigenvalue weighted by molar-refractivity contribution is -0.323. The Hall–Kier alpha value is -1.52. The van der Waals surface area contributed by atoms with E-state index >= 15 is 0 Å². The fourth-order valence-corrected chi connectivity index (χ4v) is 5.40. The van der Waals surface area contributed by atoms with Crippen molar-refractivity contribution >= 4 is 22.4 Å². The van der Waals surface area contributed by atoms with Gasteiger partial charge in [0.25, 0.3) is 0 Å². The number of urea groups is 1. The van der Waals surface area contributed by atoms with Gasteiger partial charge in [-0.1, -0.05) is 6.92 Å². The van der Waals surface area contributed by atoms with Crippen molar-refractivity contribution in [2.45, 2.75) is 46.1 Å². The Balaban J connectivity index is 1.53. The van der Waals surface area contributed by atoms with E-state index < -0.39 is 13.0 Å². The minimum atomic E-state index is -4.61. The minimum absolute atomic E-state index is 0.0607. The molecular weight excluding hydrogens is 405 g/mol. The zero-order valence-corrected chi connectivity index (χ0v) is 17.6. The van der Waals surface area contributed by atoms with Crippen LogP contribution in [-0.2, 0) is 17.8 Å². The van der Waals surface area contributed by atoms with Crippen LogP contribution in [0.1, 0.15) is 35.8 Å². The number of nitrogens with one attached hydrogen (secondary N) is 1. The molecule has 0 radical (unpaired) electrons. The second-order valence-electron chi connectivity index (χ2n) is 8.58. The third-order valence-corrected chi connectivity index (χ3v) is 7.38. The zero-order valence-electron chi connectivity index (χ0n) is 16.8. The molecule has 1 N–H and O–H groups in total. The van der Waals surface area contributed by atoms with Crippen molar-refractivity contribution in [3.8, 4) is 0 Å². The van der Waals surface area contributed by atoms with Crippen molar-refractivity contribution in [1.29, 1.82) is 0 Å². The zero-order chi connectivity index (χ0) is 20.8. The molecule has 2 fully saturated rings. The summed E-state index contributed by atoms with van der Waals surface area (Å²) >= 11 is 1.59. The lowest BCUT2D eigenvalue weighted by Crippen LogP contribution is -2.45. The average Bonchev–Trinajstić information content (AvgIpc) is 3.07. The van der Waals surface area contributed by atoms with Gasteiger partial charge >= 0.3 is 12.4 Å². The maximum Gasteiger partial charge on any atom is 0.522 e. The van der Waals surface area contributed by atoms with Gasteiger partial charge in [0.1, 0.15) is 0 Å². The molecular formula is C19H27F3N4O2S. The fraction of sp³-hybridized carbons (Fsp3) is 0.737. The van der Waals surface area contributed by atoms with Crippen LogP contribution in [0.15, 0.2) is 0 Å². The molecule has 0 unspecified atom stereocenters. The molecule has 10 heteroatoms. The van der Waals surface area contributed by atoms with Gasteiger partial charge in [-0.2, -0.15) is 0 Å². The molecule has 1 saturated heterocycles. The van der Waals surface area contributed by atoms with Gasteiger partial charge < -0.3 is 15.1 Å². The van der Waals surface area contributed by atoms with Crippen LogP contribution in [0.25, 0.3) is 0 Å². The van der Waals surface area contributed by atoms with Crippen molar-refractivity contribution < 1.29 is 22.7 Å². The third kappa shape index (κ3) is 4.80. The summed E-state index contributed by atoms with van der Waals surface area (Å²) < 4.78 is 41.4. The topological polar surface area (TPSA) is 48.1 Å². The standard InChI is InChI=1S/C19H27F3N4O2S/c1-13-14-9-24(11-18(2)3-4-18)12-26(7-8-28-19(20,21)22)16(14)29-15(13)10-25-6-5-23-17(25)27/h3-12H2,1-2H3,(H,23,27). The number of alkyl halides is 3. The quantitative estimate of drug-likeness (QED) is 0.717. The normalized spacial score (nSPS) is 21.5. The number of anilines is 1. The molecule has 3 heterocycles. The van der Waals surface area contributed by atoms with Gasteiger partial charge in [0.15, 0.2) is 0 Å². The van der Waals surface area contributed by atoms with Crippen LogP contribution < -0.4 is 10.2 Å². The molecule has 0 bridgehead atoms. The molecule has 162 valence electrons. The van der Waals surface area contributed by atoms with Crippen LogP contribution in [-0.4, -0.2) is 61.6 Å². The average molecular weight is 433 g/mol. The van der Waals surface area contributed by atoms with Gasteiger partial charge in [0, 0.05) is 43.2 Å². The molecule has 2 amide bonds. The van der Waals surface area contributed by atoms with Crippen LogP contribution in [0, 0.1) is 12.3 Å². The number of hydrogen-bond donors (Lipinski definition) is 1. The Morgan fingerprint density at radius 1 is 1.28 bits per heavy atom. The maximum absolute atomic E-state index is 12.5. The summed E-state index contributed by atoms with van der Waals surface area (Å²) in [7, 11) is 0. The monoisotopic (exact) mass is 432 g/mol. The van der Waals surface area contributed by atoms with Gasteiger partial charge in [-0.15, -0.1) is 24.5 Å². The summed E-state index contributed by atoms with van der Waals surface area (Å²) in [6.07, 6.45) is -2.21. The van der Waals surface area contributed by atoms with E-state index in [0.29, 0.717) is 31.7 Å². The third-order valence-electron chi connectivity index (χ3n) is 6.00.